The smallest absolute Gasteiger partial charge is 0.231 e. The van der Waals surface area contributed by atoms with E-state index in [2.05, 4.69) is 0 Å². The van der Waals surface area contributed by atoms with E-state index >= 15 is 0 Å². The molecule has 0 aromatic heterocycles. The maximum atomic E-state index is 10.4. The Labute approximate surface area is 140 Å². The van der Waals surface area contributed by atoms with Crippen molar-refractivity contribution in [3.63, 3.8) is 0 Å². The van der Waals surface area contributed by atoms with Crippen molar-refractivity contribution in [3.05, 3.63) is 41.5 Å². The minimum atomic E-state index is -0.682. The van der Waals surface area contributed by atoms with E-state index in [1.165, 1.54) is 20.3 Å². The Bertz CT molecular complexity index is 728. The van der Waals surface area contributed by atoms with Crippen molar-refractivity contribution < 1.29 is 29.2 Å². The van der Waals surface area contributed by atoms with Gasteiger partial charge in [0.05, 0.1) is 20.3 Å². The van der Waals surface area contributed by atoms with Gasteiger partial charge in [-0.3, -0.25) is 0 Å². The number of aliphatic hydroxyl groups is 1. The van der Waals surface area contributed by atoms with Gasteiger partial charge >= 0.3 is 0 Å². The number of phenolic OH excluding ortho intramolecular Hbond substituents is 1. The highest BCUT2D eigenvalue weighted by Crippen LogP contribution is 2.35. The Kier molecular flexibility index (Phi) is 4.66. The fourth-order valence-electron chi connectivity index (χ4n) is 2.76. The van der Waals surface area contributed by atoms with Gasteiger partial charge < -0.3 is 29.2 Å². The Balaban J connectivity index is 1.74. The van der Waals surface area contributed by atoms with Gasteiger partial charge in [0.2, 0.25) is 6.79 Å². The van der Waals surface area contributed by atoms with E-state index < -0.39 is 6.10 Å². The number of ether oxygens (including phenoxy) is 4. The Morgan fingerprint density at radius 2 is 1.83 bits per heavy atom. The van der Waals surface area contributed by atoms with Crippen LogP contribution in [0.1, 0.15) is 11.1 Å². The zero-order valence-electron chi connectivity index (χ0n) is 13.6. The topological polar surface area (TPSA) is 77.4 Å². The first-order valence-corrected chi connectivity index (χ1v) is 7.61. The van der Waals surface area contributed by atoms with Crippen LogP contribution in [0.5, 0.6) is 28.7 Å². The number of benzene rings is 2. The maximum absolute atomic E-state index is 10.4. The second kappa shape index (κ2) is 6.88. The van der Waals surface area contributed by atoms with E-state index in [4.69, 9.17) is 18.9 Å². The number of rotatable bonds is 6. The maximum Gasteiger partial charge on any atom is 0.231 e. The minimum absolute atomic E-state index is 0.0379. The van der Waals surface area contributed by atoms with Crippen molar-refractivity contribution in [2.45, 2.75) is 18.9 Å². The molecule has 2 aromatic carbocycles. The lowest BCUT2D eigenvalue weighted by atomic mass is 9.99. The molecule has 1 aliphatic heterocycles. The lowest BCUT2D eigenvalue weighted by Crippen LogP contribution is -2.14. The predicted molar refractivity (Wildman–Crippen MR) is 87.2 cm³/mol. The first kappa shape index (κ1) is 16.3. The number of hydrogen-bond acceptors (Lipinski definition) is 6. The zero-order valence-corrected chi connectivity index (χ0v) is 13.6. The molecule has 1 aliphatic rings. The predicted octanol–water partition coefficient (Wildman–Crippen LogP) is 2.28. The zero-order chi connectivity index (χ0) is 17.1. The van der Waals surface area contributed by atoms with Crippen molar-refractivity contribution in [1.29, 1.82) is 0 Å². The quantitative estimate of drug-likeness (QED) is 0.845. The van der Waals surface area contributed by atoms with Crippen LogP contribution in [0.4, 0.5) is 0 Å². The summed E-state index contributed by atoms with van der Waals surface area (Å²) in [6.07, 6.45) is -0.00261. The molecule has 6 heteroatoms. The molecule has 3 rings (SSSR count). The number of phenols is 1. The lowest BCUT2D eigenvalue weighted by molar-refractivity contribution is 0.172. The van der Waals surface area contributed by atoms with Crippen LogP contribution in [0.3, 0.4) is 0 Å². The van der Waals surface area contributed by atoms with Gasteiger partial charge in [0.25, 0.3) is 0 Å². The number of hydrogen-bond donors (Lipinski definition) is 2. The number of aliphatic hydroxyl groups excluding tert-OH is 1. The summed E-state index contributed by atoms with van der Waals surface area (Å²) in [5.74, 6) is 2.41. The molecule has 0 aliphatic carbocycles. The summed E-state index contributed by atoms with van der Waals surface area (Å²) in [5.41, 5.74) is 1.48. The van der Waals surface area contributed by atoms with Crippen LogP contribution < -0.4 is 18.9 Å². The molecule has 2 N–H and O–H groups in total. The third-order valence-electron chi connectivity index (χ3n) is 3.96. The van der Waals surface area contributed by atoms with Gasteiger partial charge in [0.15, 0.2) is 11.5 Å². The molecule has 0 spiro atoms. The molecule has 1 atom stereocenters. The number of fused-ring (bicyclic) bond motifs is 1. The van der Waals surface area contributed by atoms with Gasteiger partial charge in [-0.15, -0.1) is 0 Å². The fourth-order valence-corrected chi connectivity index (χ4v) is 2.76. The van der Waals surface area contributed by atoms with Crippen LogP contribution in [0.15, 0.2) is 30.3 Å². The normalized spacial score (nSPS) is 13.6. The summed E-state index contributed by atoms with van der Waals surface area (Å²) in [7, 11) is 3.03. The molecule has 0 radical (unpaired) electrons. The Morgan fingerprint density at radius 3 is 2.58 bits per heavy atom. The van der Waals surface area contributed by atoms with E-state index in [1.54, 1.807) is 6.07 Å². The highest BCUT2D eigenvalue weighted by molar-refractivity contribution is 5.50. The Morgan fingerprint density at radius 1 is 1.04 bits per heavy atom. The van der Waals surface area contributed by atoms with Crippen LogP contribution in [0.2, 0.25) is 0 Å². The van der Waals surface area contributed by atoms with Gasteiger partial charge in [-0.25, -0.2) is 0 Å². The van der Waals surface area contributed by atoms with Gasteiger partial charge in [-0.2, -0.15) is 0 Å². The average Bonchev–Trinajstić information content (AvgIpc) is 3.04. The molecule has 1 unspecified atom stereocenters. The van der Waals surface area contributed by atoms with Crippen molar-refractivity contribution in [2.24, 2.45) is 0 Å². The van der Waals surface area contributed by atoms with E-state index in [0.29, 0.717) is 35.0 Å². The first-order chi connectivity index (χ1) is 11.6. The molecule has 2 aromatic rings. The van der Waals surface area contributed by atoms with E-state index in [9.17, 15) is 10.2 Å². The summed E-state index contributed by atoms with van der Waals surface area (Å²) in [6.45, 7) is 0.220. The highest BCUT2D eigenvalue weighted by atomic mass is 16.7. The monoisotopic (exact) mass is 332 g/mol. The molecule has 6 nitrogen and oxygen atoms in total. The second-order valence-corrected chi connectivity index (χ2v) is 5.58. The fraction of sp³-hybridized carbons (Fsp3) is 0.333. The van der Waals surface area contributed by atoms with Crippen LogP contribution >= 0.6 is 0 Å². The van der Waals surface area contributed by atoms with Crippen molar-refractivity contribution in [1.82, 2.24) is 0 Å². The second-order valence-electron chi connectivity index (χ2n) is 5.58. The minimum Gasteiger partial charge on any atom is -0.507 e. The Hall–Kier alpha value is -2.60. The highest BCUT2D eigenvalue weighted by Gasteiger charge is 2.18. The third kappa shape index (κ3) is 3.33. The van der Waals surface area contributed by atoms with E-state index in [0.717, 1.165) is 5.56 Å². The molecule has 0 saturated carbocycles. The molecular weight excluding hydrogens is 312 g/mol. The number of methoxy groups -OCH3 is 2. The van der Waals surface area contributed by atoms with Crippen molar-refractivity contribution in [3.8, 4) is 28.7 Å². The molecule has 0 amide bonds. The van der Waals surface area contributed by atoms with Crippen LogP contribution in [-0.2, 0) is 12.8 Å². The number of aromatic hydroxyl groups is 1. The standard InChI is InChI=1S/C18H20O6/c1-21-13-8-15(20)14(17(9-13)22-2)7-12(19)5-11-3-4-16-18(6-11)24-10-23-16/h3-4,6,8-9,12,19-20H,5,7,10H2,1-2H3. The van der Waals surface area contributed by atoms with Crippen LogP contribution in [-0.4, -0.2) is 37.3 Å². The molecule has 1 heterocycles. The summed E-state index contributed by atoms with van der Waals surface area (Å²) in [4.78, 5) is 0. The van der Waals surface area contributed by atoms with Gasteiger partial charge in [0.1, 0.15) is 17.2 Å². The van der Waals surface area contributed by atoms with Gasteiger partial charge in [-0.05, 0) is 24.1 Å². The summed E-state index contributed by atoms with van der Waals surface area (Å²) in [5, 5.41) is 20.6. The molecule has 128 valence electrons. The molecular formula is C18H20O6. The van der Waals surface area contributed by atoms with Crippen molar-refractivity contribution >= 4 is 0 Å². The van der Waals surface area contributed by atoms with Gasteiger partial charge in [-0.1, -0.05) is 6.07 Å². The average molecular weight is 332 g/mol. The van der Waals surface area contributed by atoms with E-state index in [-0.39, 0.29) is 19.0 Å². The molecule has 0 fully saturated rings. The van der Waals surface area contributed by atoms with E-state index in [1.807, 2.05) is 18.2 Å². The molecule has 24 heavy (non-hydrogen) atoms. The molecule has 0 saturated heterocycles. The summed E-state index contributed by atoms with van der Waals surface area (Å²) < 4.78 is 21.0. The summed E-state index contributed by atoms with van der Waals surface area (Å²) >= 11 is 0. The molecule has 0 bridgehead atoms. The van der Waals surface area contributed by atoms with Crippen LogP contribution in [0.25, 0.3) is 0 Å². The third-order valence-corrected chi connectivity index (χ3v) is 3.96. The first-order valence-electron chi connectivity index (χ1n) is 7.61. The lowest BCUT2D eigenvalue weighted by Gasteiger charge is -2.16. The van der Waals surface area contributed by atoms with Crippen LogP contribution in [0, 0.1) is 0 Å². The summed E-state index contributed by atoms with van der Waals surface area (Å²) in [6, 6.07) is 8.77. The SMILES string of the molecule is COc1cc(O)c(CC(O)Cc2ccc3c(c2)OCO3)c(OC)c1. The van der Waals surface area contributed by atoms with Crippen molar-refractivity contribution in [2.75, 3.05) is 21.0 Å². The van der Waals surface area contributed by atoms with Gasteiger partial charge in [0, 0.05) is 24.1 Å². The largest absolute Gasteiger partial charge is 0.507 e.